The van der Waals surface area contributed by atoms with E-state index in [0.717, 1.165) is 0 Å². The number of nitrogens with one attached hydrogen (secondary N) is 1. The molecule has 0 aliphatic rings. The molecule has 0 radical (unpaired) electrons. The molecule has 1 heterocycles. The molecule has 0 amide bonds. The van der Waals surface area contributed by atoms with E-state index in [9.17, 15) is 13.2 Å². The molecule has 18 heavy (non-hydrogen) atoms. The maximum Gasteiger partial charge on any atom is 0.354 e. The fourth-order valence-electron chi connectivity index (χ4n) is 1.36. The Kier molecular flexibility index (Phi) is 4.62. The Morgan fingerprint density at radius 1 is 1.39 bits per heavy atom. The molecule has 8 heteroatoms. The van der Waals surface area contributed by atoms with Crippen molar-refractivity contribution < 1.29 is 18.3 Å². The Hall–Kier alpha value is -1.67. The van der Waals surface area contributed by atoms with E-state index in [4.69, 9.17) is 5.11 Å². The van der Waals surface area contributed by atoms with Crippen molar-refractivity contribution in [3.8, 4) is 0 Å². The summed E-state index contributed by atoms with van der Waals surface area (Å²) in [5.41, 5.74) is 0.0905. The Bertz CT molecular complexity index is 508. The second kappa shape index (κ2) is 5.78. The summed E-state index contributed by atoms with van der Waals surface area (Å²) in [6.45, 7) is 4.17. The third-order valence-electron chi connectivity index (χ3n) is 2.27. The lowest BCUT2D eigenvalue weighted by molar-refractivity contribution is 0.0690. The van der Waals surface area contributed by atoms with E-state index in [1.165, 1.54) is 22.6 Å². The molecule has 0 aliphatic carbocycles. The van der Waals surface area contributed by atoms with Crippen LogP contribution in [0, 0.1) is 0 Å². The highest BCUT2D eigenvalue weighted by molar-refractivity contribution is 7.90. The van der Waals surface area contributed by atoms with Gasteiger partial charge in [-0.1, -0.05) is 13.8 Å². The Labute approximate surface area is 106 Å². The van der Waals surface area contributed by atoms with Crippen LogP contribution in [0.4, 0.5) is 5.69 Å². The molecule has 1 aromatic rings. The van der Waals surface area contributed by atoms with Crippen LogP contribution in [-0.2, 0) is 10.2 Å². The summed E-state index contributed by atoms with van der Waals surface area (Å²) in [6.07, 6.45) is 1.17. The summed E-state index contributed by atoms with van der Waals surface area (Å²) in [6, 6.07) is 2.60. The first-order chi connectivity index (χ1) is 8.40. The van der Waals surface area contributed by atoms with Gasteiger partial charge in [-0.25, -0.2) is 9.78 Å². The standard InChI is InChI=1S/C10H15N3O4S/c1-3-13(4-2)18(16,17)12-8-5-6-9(10(14)15)11-7-8/h5-7,12H,3-4H2,1-2H3,(H,14,15). The molecule has 0 spiro atoms. The zero-order valence-corrected chi connectivity index (χ0v) is 10.9. The smallest absolute Gasteiger partial charge is 0.354 e. The fraction of sp³-hybridized carbons (Fsp3) is 0.400. The number of carbonyl (C=O) groups is 1. The van der Waals surface area contributed by atoms with E-state index in [-0.39, 0.29) is 11.4 Å². The quantitative estimate of drug-likeness (QED) is 0.797. The van der Waals surface area contributed by atoms with Gasteiger partial charge in [0.25, 0.3) is 0 Å². The van der Waals surface area contributed by atoms with Gasteiger partial charge >= 0.3 is 16.2 Å². The van der Waals surface area contributed by atoms with E-state index >= 15 is 0 Å². The maximum absolute atomic E-state index is 11.9. The van der Waals surface area contributed by atoms with Gasteiger partial charge in [-0.15, -0.1) is 0 Å². The molecule has 2 N–H and O–H groups in total. The monoisotopic (exact) mass is 273 g/mol. The number of hydrogen-bond acceptors (Lipinski definition) is 4. The molecular weight excluding hydrogens is 258 g/mol. The van der Waals surface area contributed by atoms with Crippen molar-refractivity contribution in [2.75, 3.05) is 17.8 Å². The van der Waals surface area contributed by atoms with E-state index in [0.29, 0.717) is 13.1 Å². The largest absolute Gasteiger partial charge is 0.477 e. The summed E-state index contributed by atoms with van der Waals surface area (Å²) >= 11 is 0. The van der Waals surface area contributed by atoms with Gasteiger partial charge in [0.15, 0.2) is 0 Å². The van der Waals surface area contributed by atoms with Crippen molar-refractivity contribution in [3.05, 3.63) is 24.0 Å². The Morgan fingerprint density at radius 3 is 2.39 bits per heavy atom. The number of nitrogens with zero attached hydrogens (tertiary/aromatic N) is 2. The number of rotatable bonds is 6. The lowest BCUT2D eigenvalue weighted by Crippen LogP contribution is -2.35. The molecule has 0 fully saturated rings. The predicted octanol–water partition coefficient (Wildman–Crippen LogP) is 0.778. The van der Waals surface area contributed by atoms with Crippen LogP contribution in [0.3, 0.4) is 0 Å². The number of pyridine rings is 1. The normalized spacial score (nSPS) is 11.5. The van der Waals surface area contributed by atoms with Gasteiger partial charge in [0, 0.05) is 13.1 Å². The van der Waals surface area contributed by atoms with Crippen LogP contribution >= 0.6 is 0 Å². The molecule has 1 rings (SSSR count). The number of aromatic nitrogens is 1. The third kappa shape index (κ3) is 3.41. The molecular formula is C10H15N3O4S. The van der Waals surface area contributed by atoms with Gasteiger partial charge < -0.3 is 5.11 Å². The predicted molar refractivity (Wildman–Crippen MR) is 66.7 cm³/mol. The van der Waals surface area contributed by atoms with Crippen LogP contribution in [0.5, 0.6) is 0 Å². The second-order valence-corrected chi connectivity index (χ2v) is 5.10. The molecule has 0 unspecified atom stereocenters. The van der Waals surface area contributed by atoms with E-state index in [1.807, 2.05) is 0 Å². The minimum atomic E-state index is -3.61. The summed E-state index contributed by atoms with van der Waals surface area (Å²) in [7, 11) is -3.61. The van der Waals surface area contributed by atoms with E-state index < -0.39 is 16.2 Å². The van der Waals surface area contributed by atoms with Gasteiger partial charge in [0.1, 0.15) is 5.69 Å². The Morgan fingerprint density at radius 2 is 2.00 bits per heavy atom. The van der Waals surface area contributed by atoms with Crippen molar-refractivity contribution in [1.82, 2.24) is 9.29 Å². The topological polar surface area (TPSA) is 99.6 Å². The molecule has 0 bridgehead atoms. The summed E-state index contributed by atoms with van der Waals surface area (Å²) < 4.78 is 27.3. The van der Waals surface area contributed by atoms with Crippen molar-refractivity contribution in [3.63, 3.8) is 0 Å². The molecule has 0 aromatic carbocycles. The van der Waals surface area contributed by atoms with Crippen LogP contribution in [0.15, 0.2) is 18.3 Å². The van der Waals surface area contributed by atoms with Crippen LogP contribution in [-0.4, -0.2) is 41.9 Å². The van der Waals surface area contributed by atoms with Gasteiger partial charge in [0.05, 0.1) is 11.9 Å². The molecule has 0 saturated heterocycles. The van der Waals surface area contributed by atoms with Crippen LogP contribution < -0.4 is 4.72 Å². The van der Waals surface area contributed by atoms with Crippen molar-refractivity contribution in [1.29, 1.82) is 0 Å². The maximum atomic E-state index is 11.9. The second-order valence-electron chi connectivity index (χ2n) is 3.43. The van der Waals surface area contributed by atoms with Gasteiger partial charge in [-0.3, -0.25) is 4.72 Å². The molecule has 0 aliphatic heterocycles. The lowest BCUT2D eigenvalue weighted by atomic mass is 10.3. The van der Waals surface area contributed by atoms with Crippen LogP contribution in [0.2, 0.25) is 0 Å². The van der Waals surface area contributed by atoms with E-state index in [2.05, 4.69) is 9.71 Å². The third-order valence-corrected chi connectivity index (χ3v) is 3.96. The minimum absolute atomic E-state index is 0.138. The van der Waals surface area contributed by atoms with Crippen molar-refractivity contribution in [2.24, 2.45) is 0 Å². The number of aromatic carboxylic acids is 1. The molecule has 0 saturated carbocycles. The van der Waals surface area contributed by atoms with E-state index in [1.54, 1.807) is 13.8 Å². The van der Waals surface area contributed by atoms with Crippen molar-refractivity contribution >= 4 is 21.9 Å². The van der Waals surface area contributed by atoms with Crippen LogP contribution in [0.25, 0.3) is 0 Å². The highest BCUT2D eigenvalue weighted by atomic mass is 32.2. The first-order valence-corrected chi connectivity index (χ1v) is 6.82. The summed E-state index contributed by atoms with van der Waals surface area (Å²) in [5, 5.41) is 8.66. The van der Waals surface area contributed by atoms with Crippen molar-refractivity contribution in [2.45, 2.75) is 13.8 Å². The van der Waals surface area contributed by atoms with Gasteiger partial charge in [-0.2, -0.15) is 12.7 Å². The molecule has 7 nitrogen and oxygen atoms in total. The number of carboxylic acid groups (broad SMARTS) is 1. The zero-order chi connectivity index (χ0) is 13.8. The highest BCUT2D eigenvalue weighted by Crippen LogP contribution is 2.11. The zero-order valence-electron chi connectivity index (χ0n) is 10.1. The minimum Gasteiger partial charge on any atom is -0.477 e. The molecule has 100 valence electrons. The molecule has 1 aromatic heterocycles. The first-order valence-electron chi connectivity index (χ1n) is 5.38. The number of hydrogen-bond donors (Lipinski definition) is 2. The number of anilines is 1. The first kappa shape index (κ1) is 14.4. The Balaban J connectivity index is 2.88. The van der Waals surface area contributed by atoms with Gasteiger partial charge in [0.2, 0.25) is 0 Å². The lowest BCUT2D eigenvalue weighted by Gasteiger charge is -2.19. The molecule has 0 atom stereocenters. The highest BCUT2D eigenvalue weighted by Gasteiger charge is 2.18. The SMILES string of the molecule is CCN(CC)S(=O)(=O)Nc1ccc(C(=O)O)nc1. The summed E-state index contributed by atoms with van der Waals surface area (Å²) in [5.74, 6) is -1.16. The summed E-state index contributed by atoms with van der Waals surface area (Å²) in [4.78, 5) is 14.2. The number of carboxylic acids is 1. The average molecular weight is 273 g/mol. The van der Waals surface area contributed by atoms with Gasteiger partial charge in [-0.05, 0) is 12.1 Å². The fourth-order valence-corrected chi connectivity index (χ4v) is 2.59. The van der Waals surface area contributed by atoms with Crippen LogP contribution in [0.1, 0.15) is 24.3 Å². The average Bonchev–Trinajstić information content (AvgIpc) is 2.30.